The van der Waals surface area contributed by atoms with Crippen LogP contribution in [0.2, 0.25) is 0 Å². The van der Waals surface area contributed by atoms with E-state index in [1.165, 1.54) is 0 Å². The van der Waals surface area contributed by atoms with E-state index in [1.807, 2.05) is 30.3 Å². The Morgan fingerprint density at radius 1 is 1.19 bits per heavy atom. The third-order valence-electron chi connectivity index (χ3n) is 3.11. The number of fused-ring (bicyclic) bond motifs is 3. The van der Waals surface area contributed by atoms with Crippen molar-refractivity contribution in [2.45, 2.75) is 0 Å². The Bertz CT molecular complexity index is 829. The molecule has 3 aromatic rings. The standard InChI is InChI=1S/C16H14N4S/c1-2-7-19-16(21)20-13-10-11-5-3-8-17-14(11)12-6-4-9-18-15(12)13/h2-6,8-10H,1,7H2,(H2,19,20,21). The van der Waals surface area contributed by atoms with E-state index in [-0.39, 0.29) is 0 Å². The molecule has 5 heteroatoms. The highest BCUT2D eigenvalue weighted by molar-refractivity contribution is 7.80. The van der Waals surface area contributed by atoms with Gasteiger partial charge >= 0.3 is 0 Å². The van der Waals surface area contributed by atoms with Gasteiger partial charge in [-0.05, 0) is 36.5 Å². The predicted octanol–water partition coefficient (Wildman–Crippen LogP) is 3.26. The first-order chi connectivity index (χ1) is 10.3. The third-order valence-corrected chi connectivity index (χ3v) is 3.36. The third kappa shape index (κ3) is 2.68. The van der Waals surface area contributed by atoms with Crippen molar-refractivity contribution in [2.24, 2.45) is 0 Å². The van der Waals surface area contributed by atoms with Crippen LogP contribution in [0.25, 0.3) is 21.8 Å². The number of rotatable bonds is 3. The molecule has 0 aliphatic carbocycles. The van der Waals surface area contributed by atoms with Gasteiger partial charge in [-0.15, -0.1) is 6.58 Å². The Morgan fingerprint density at radius 3 is 2.76 bits per heavy atom. The van der Waals surface area contributed by atoms with E-state index in [2.05, 4.69) is 27.2 Å². The van der Waals surface area contributed by atoms with Gasteiger partial charge in [0.05, 0.1) is 16.7 Å². The number of anilines is 1. The smallest absolute Gasteiger partial charge is 0.171 e. The lowest BCUT2D eigenvalue weighted by Gasteiger charge is -2.12. The van der Waals surface area contributed by atoms with Crippen molar-refractivity contribution < 1.29 is 0 Å². The molecule has 21 heavy (non-hydrogen) atoms. The molecule has 0 fully saturated rings. The van der Waals surface area contributed by atoms with Gasteiger partial charge in [0.2, 0.25) is 0 Å². The Kier molecular flexibility index (Phi) is 3.75. The van der Waals surface area contributed by atoms with Crippen LogP contribution >= 0.6 is 12.2 Å². The summed E-state index contributed by atoms with van der Waals surface area (Å²) in [7, 11) is 0. The van der Waals surface area contributed by atoms with Gasteiger partial charge in [0.25, 0.3) is 0 Å². The van der Waals surface area contributed by atoms with Crippen molar-refractivity contribution in [3.63, 3.8) is 0 Å². The van der Waals surface area contributed by atoms with Gasteiger partial charge in [-0.2, -0.15) is 0 Å². The molecule has 0 atom stereocenters. The summed E-state index contributed by atoms with van der Waals surface area (Å²) < 4.78 is 0. The average Bonchev–Trinajstić information content (AvgIpc) is 2.53. The van der Waals surface area contributed by atoms with Crippen LogP contribution in [0.3, 0.4) is 0 Å². The van der Waals surface area contributed by atoms with Crippen LogP contribution in [-0.2, 0) is 0 Å². The number of hydrogen-bond donors (Lipinski definition) is 2. The molecule has 0 aliphatic rings. The van der Waals surface area contributed by atoms with E-state index in [0.717, 1.165) is 27.5 Å². The highest BCUT2D eigenvalue weighted by atomic mass is 32.1. The Hall–Kier alpha value is -2.53. The molecule has 0 saturated carbocycles. The van der Waals surface area contributed by atoms with Crippen LogP contribution in [0.15, 0.2) is 55.4 Å². The van der Waals surface area contributed by atoms with Crippen LogP contribution in [0, 0.1) is 0 Å². The van der Waals surface area contributed by atoms with E-state index < -0.39 is 0 Å². The number of aromatic nitrogens is 2. The van der Waals surface area contributed by atoms with Crippen molar-refractivity contribution in [1.29, 1.82) is 0 Å². The molecule has 104 valence electrons. The molecule has 2 N–H and O–H groups in total. The molecule has 2 heterocycles. The summed E-state index contributed by atoms with van der Waals surface area (Å²) in [5, 5.41) is 8.85. The van der Waals surface area contributed by atoms with E-state index >= 15 is 0 Å². The van der Waals surface area contributed by atoms with Crippen LogP contribution in [0.4, 0.5) is 5.69 Å². The summed E-state index contributed by atoms with van der Waals surface area (Å²) in [5.74, 6) is 0. The summed E-state index contributed by atoms with van der Waals surface area (Å²) in [4.78, 5) is 8.90. The zero-order chi connectivity index (χ0) is 14.7. The quantitative estimate of drug-likeness (QED) is 0.441. The minimum absolute atomic E-state index is 0.546. The fourth-order valence-electron chi connectivity index (χ4n) is 2.22. The van der Waals surface area contributed by atoms with E-state index in [1.54, 1.807) is 18.5 Å². The second-order valence-electron chi connectivity index (χ2n) is 4.52. The Balaban J connectivity index is 2.11. The van der Waals surface area contributed by atoms with Gasteiger partial charge < -0.3 is 10.6 Å². The Labute approximate surface area is 127 Å². The van der Waals surface area contributed by atoms with Crippen LogP contribution in [-0.4, -0.2) is 21.6 Å². The van der Waals surface area contributed by atoms with Gasteiger partial charge in [-0.1, -0.05) is 12.1 Å². The summed E-state index contributed by atoms with van der Waals surface area (Å²) in [6.07, 6.45) is 5.31. The maximum absolute atomic E-state index is 5.27. The van der Waals surface area contributed by atoms with Gasteiger partial charge in [0.15, 0.2) is 5.11 Å². The van der Waals surface area contributed by atoms with E-state index in [4.69, 9.17) is 12.2 Å². The molecule has 0 bridgehead atoms. The largest absolute Gasteiger partial charge is 0.359 e. The van der Waals surface area contributed by atoms with Crippen molar-refractivity contribution in [3.8, 4) is 0 Å². The van der Waals surface area contributed by atoms with Gasteiger partial charge in [-0.3, -0.25) is 9.97 Å². The maximum Gasteiger partial charge on any atom is 0.171 e. The molecular weight excluding hydrogens is 280 g/mol. The monoisotopic (exact) mass is 294 g/mol. The maximum atomic E-state index is 5.27. The normalized spacial score (nSPS) is 10.5. The minimum atomic E-state index is 0.546. The van der Waals surface area contributed by atoms with Crippen LogP contribution < -0.4 is 10.6 Å². The van der Waals surface area contributed by atoms with Crippen molar-refractivity contribution >= 4 is 44.8 Å². The van der Waals surface area contributed by atoms with E-state index in [0.29, 0.717) is 11.7 Å². The lowest BCUT2D eigenvalue weighted by molar-refractivity contribution is 1.06. The molecule has 0 saturated heterocycles. The van der Waals surface area contributed by atoms with Crippen molar-refractivity contribution in [1.82, 2.24) is 15.3 Å². The number of nitrogens with zero attached hydrogens (tertiary/aromatic N) is 2. The SMILES string of the molecule is C=CCNC(=S)Nc1cc2cccnc2c2cccnc12. The fraction of sp³-hybridized carbons (Fsp3) is 0.0625. The summed E-state index contributed by atoms with van der Waals surface area (Å²) in [6, 6.07) is 9.89. The molecule has 2 aromatic heterocycles. The summed E-state index contributed by atoms with van der Waals surface area (Å²) in [5.41, 5.74) is 2.66. The topological polar surface area (TPSA) is 49.8 Å². The molecule has 0 spiro atoms. The number of hydrogen-bond acceptors (Lipinski definition) is 3. The summed E-state index contributed by atoms with van der Waals surface area (Å²) in [6.45, 7) is 4.28. The molecule has 0 aliphatic heterocycles. The summed E-state index contributed by atoms with van der Waals surface area (Å²) >= 11 is 5.27. The first kappa shape index (κ1) is 13.5. The molecule has 1 aromatic carbocycles. The van der Waals surface area contributed by atoms with Crippen LogP contribution in [0.5, 0.6) is 0 Å². The second kappa shape index (κ2) is 5.85. The molecular formula is C16H14N4S. The van der Waals surface area contributed by atoms with Crippen LogP contribution in [0.1, 0.15) is 0 Å². The number of thiocarbonyl (C=S) groups is 1. The van der Waals surface area contributed by atoms with Gasteiger partial charge in [0, 0.05) is 29.7 Å². The Morgan fingerprint density at radius 2 is 1.95 bits per heavy atom. The van der Waals surface area contributed by atoms with Crippen molar-refractivity contribution in [2.75, 3.05) is 11.9 Å². The van der Waals surface area contributed by atoms with Gasteiger partial charge in [0.1, 0.15) is 0 Å². The number of nitrogens with one attached hydrogen (secondary N) is 2. The highest BCUT2D eigenvalue weighted by Gasteiger charge is 2.09. The zero-order valence-corrected chi connectivity index (χ0v) is 12.2. The number of pyridine rings is 2. The zero-order valence-electron chi connectivity index (χ0n) is 11.3. The van der Waals surface area contributed by atoms with Crippen molar-refractivity contribution in [3.05, 3.63) is 55.4 Å². The molecule has 0 unspecified atom stereocenters. The molecule has 0 amide bonds. The lowest BCUT2D eigenvalue weighted by atomic mass is 10.1. The average molecular weight is 294 g/mol. The second-order valence-corrected chi connectivity index (χ2v) is 4.93. The predicted molar refractivity (Wildman–Crippen MR) is 91.5 cm³/mol. The van der Waals surface area contributed by atoms with Gasteiger partial charge in [-0.25, -0.2) is 0 Å². The first-order valence-electron chi connectivity index (χ1n) is 6.58. The highest BCUT2D eigenvalue weighted by Crippen LogP contribution is 2.28. The minimum Gasteiger partial charge on any atom is -0.359 e. The molecule has 0 radical (unpaired) electrons. The fourth-order valence-corrected chi connectivity index (χ4v) is 2.41. The van der Waals surface area contributed by atoms with E-state index in [9.17, 15) is 0 Å². The molecule has 4 nitrogen and oxygen atoms in total. The lowest BCUT2D eigenvalue weighted by Crippen LogP contribution is -2.28. The number of benzene rings is 1. The first-order valence-corrected chi connectivity index (χ1v) is 6.98. The molecule has 3 rings (SSSR count).